The topological polar surface area (TPSA) is 68.9 Å². The van der Waals surface area contributed by atoms with Gasteiger partial charge in [-0.15, -0.1) is 0 Å². The molecule has 6 heteroatoms. The number of rotatable bonds is 6. The number of nitrogens with one attached hydrogen (secondary N) is 1. The Hall–Kier alpha value is -1.30. The number of nitrogens with two attached hydrogens (primary N) is 1. The van der Waals surface area contributed by atoms with Crippen LogP contribution < -0.4 is 11.1 Å². The maximum atomic E-state index is 6.16. The molecule has 0 aliphatic carbocycles. The number of hydrogen-bond acceptors (Lipinski definition) is 3. The molecule has 1 aromatic rings. The third-order valence-corrected chi connectivity index (χ3v) is 4.29. The van der Waals surface area contributed by atoms with E-state index in [4.69, 9.17) is 26.8 Å². The number of aliphatic imine (C=N–C) groups is 1. The molecule has 1 aliphatic rings. The molecule has 1 fully saturated rings. The average molecular weight is 326 g/mol. The van der Waals surface area contributed by atoms with E-state index in [1.807, 2.05) is 18.2 Å². The van der Waals surface area contributed by atoms with Gasteiger partial charge in [0.2, 0.25) is 0 Å². The first kappa shape index (κ1) is 17.1. The van der Waals surface area contributed by atoms with Crippen LogP contribution in [0.25, 0.3) is 0 Å². The fourth-order valence-corrected chi connectivity index (χ4v) is 2.88. The van der Waals surface area contributed by atoms with Crippen molar-refractivity contribution < 1.29 is 9.47 Å². The molecule has 122 valence electrons. The summed E-state index contributed by atoms with van der Waals surface area (Å²) in [6, 6.07) is 8.01. The third-order valence-electron chi connectivity index (χ3n) is 4.05. The second-order valence-electron chi connectivity index (χ2n) is 5.52. The minimum Gasteiger partial charge on any atom is -0.383 e. The molecule has 0 aromatic heterocycles. The molecular weight excluding hydrogens is 302 g/mol. The summed E-state index contributed by atoms with van der Waals surface area (Å²) in [5.74, 6) is 0.449. The highest BCUT2D eigenvalue weighted by molar-refractivity contribution is 6.30. The van der Waals surface area contributed by atoms with E-state index in [1.165, 1.54) is 5.56 Å². The summed E-state index contributed by atoms with van der Waals surface area (Å²) >= 11 is 6.16. The summed E-state index contributed by atoms with van der Waals surface area (Å²) in [4.78, 5) is 4.53. The maximum Gasteiger partial charge on any atom is 0.188 e. The average Bonchev–Trinajstić information content (AvgIpc) is 2.54. The van der Waals surface area contributed by atoms with Gasteiger partial charge in [0.25, 0.3) is 0 Å². The first-order valence-corrected chi connectivity index (χ1v) is 7.91. The minimum absolute atomic E-state index is 0.0588. The minimum atomic E-state index is -0.0588. The molecule has 0 amide bonds. The molecule has 1 saturated heterocycles. The van der Waals surface area contributed by atoms with Crippen LogP contribution in [0.1, 0.15) is 18.4 Å². The second kappa shape index (κ2) is 8.36. The van der Waals surface area contributed by atoms with Crippen molar-refractivity contribution in [2.24, 2.45) is 10.7 Å². The zero-order valence-electron chi connectivity index (χ0n) is 13.0. The Kier molecular flexibility index (Phi) is 6.49. The maximum absolute atomic E-state index is 6.16. The predicted octanol–water partition coefficient (Wildman–Crippen LogP) is 1.94. The molecule has 22 heavy (non-hydrogen) atoms. The van der Waals surface area contributed by atoms with E-state index in [0.29, 0.717) is 25.7 Å². The monoisotopic (exact) mass is 325 g/mol. The van der Waals surface area contributed by atoms with Gasteiger partial charge in [-0.3, -0.25) is 4.99 Å². The van der Waals surface area contributed by atoms with Gasteiger partial charge in [-0.05, 0) is 30.5 Å². The number of ether oxygens (including phenoxy) is 2. The number of benzene rings is 1. The molecular formula is C16H24ClN3O2. The van der Waals surface area contributed by atoms with Crippen molar-refractivity contribution in [3.8, 4) is 0 Å². The summed E-state index contributed by atoms with van der Waals surface area (Å²) < 4.78 is 10.5. The van der Waals surface area contributed by atoms with Gasteiger partial charge in [0, 0.05) is 37.3 Å². The van der Waals surface area contributed by atoms with Crippen molar-refractivity contribution in [2.75, 3.05) is 40.0 Å². The second-order valence-corrected chi connectivity index (χ2v) is 5.96. The SMILES string of the molecule is COCCNC(N)=NCC1(c2cccc(Cl)c2)CCOCC1. The van der Waals surface area contributed by atoms with Gasteiger partial charge >= 0.3 is 0 Å². The van der Waals surface area contributed by atoms with Crippen LogP contribution in [-0.4, -0.2) is 46.0 Å². The van der Waals surface area contributed by atoms with E-state index in [2.05, 4.69) is 16.4 Å². The normalized spacial score (nSPS) is 18.2. The molecule has 2 rings (SSSR count). The Labute approximate surface area is 136 Å². The predicted molar refractivity (Wildman–Crippen MR) is 89.6 cm³/mol. The molecule has 0 saturated carbocycles. The molecule has 0 spiro atoms. The quantitative estimate of drug-likeness (QED) is 0.476. The number of methoxy groups -OCH3 is 1. The number of halogens is 1. The Morgan fingerprint density at radius 1 is 1.45 bits per heavy atom. The van der Waals surface area contributed by atoms with Crippen LogP contribution in [0.5, 0.6) is 0 Å². The van der Waals surface area contributed by atoms with E-state index in [9.17, 15) is 0 Å². The van der Waals surface area contributed by atoms with Crippen molar-refractivity contribution in [1.82, 2.24) is 5.32 Å². The van der Waals surface area contributed by atoms with Crippen LogP contribution in [0.15, 0.2) is 29.3 Å². The van der Waals surface area contributed by atoms with Gasteiger partial charge in [0.05, 0.1) is 13.2 Å². The lowest BCUT2D eigenvalue weighted by atomic mass is 9.74. The van der Waals surface area contributed by atoms with Crippen molar-refractivity contribution in [3.63, 3.8) is 0 Å². The fourth-order valence-electron chi connectivity index (χ4n) is 2.69. The van der Waals surface area contributed by atoms with Crippen LogP contribution in [-0.2, 0) is 14.9 Å². The molecule has 1 aromatic carbocycles. The van der Waals surface area contributed by atoms with Gasteiger partial charge in [0.1, 0.15) is 0 Å². The Bertz CT molecular complexity index is 502. The van der Waals surface area contributed by atoms with E-state index < -0.39 is 0 Å². The number of nitrogens with zero attached hydrogens (tertiary/aromatic N) is 1. The summed E-state index contributed by atoms with van der Waals surface area (Å²) in [5.41, 5.74) is 7.07. The zero-order valence-corrected chi connectivity index (χ0v) is 13.7. The molecule has 3 N–H and O–H groups in total. The number of guanidine groups is 1. The van der Waals surface area contributed by atoms with Gasteiger partial charge in [0.15, 0.2) is 5.96 Å². The Morgan fingerprint density at radius 2 is 2.23 bits per heavy atom. The van der Waals surface area contributed by atoms with Crippen LogP contribution in [0, 0.1) is 0 Å². The standard InChI is InChI=1S/C16H24ClN3O2/c1-21-10-7-19-15(18)20-12-16(5-8-22-9-6-16)13-3-2-4-14(17)11-13/h2-4,11H,5-10,12H2,1H3,(H3,18,19,20). The van der Waals surface area contributed by atoms with Crippen LogP contribution >= 0.6 is 11.6 Å². The molecule has 5 nitrogen and oxygen atoms in total. The van der Waals surface area contributed by atoms with Crippen LogP contribution in [0.3, 0.4) is 0 Å². The highest BCUT2D eigenvalue weighted by Crippen LogP contribution is 2.36. The molecule has 0 bridgehead atoms. The first-order valence-electron chi connectivity index (χ1n) is 7.53. The largest absolute Gasteiger partial charge is 0.383 e. The molecule has 0 atom stereocenters. The lowest BCUT2D eigenvalue weighted by molar-refractivity contribution is 0.0531. The van der Waals surface area contributed by atoms with Crippen molar-refractivity contribution >= 4 is 17.6 Å². The molecule has 1 heterocycles. The summed E-state index contributed by atoms with van der Waals surface area (Å²) in [7, 11) is 1.66. The Morgan fingerprint density at radius 3 is 2.91 bits per heavy atom. The van der Waals surface area contributed by atoms with Crippen molar-refractivity contribution in [2.45, 2.75) is 18.3 Å². The fraction of sp³-hybridized carbons (Fsp3) is 0.562. The summed E-state index contributed by atoms with van der Waals surface area (Å²) in [6.07, 6.45) is 1.84. The highest BCUT2D eigenvalue weighted by atomic mass is 35.5. The lowest BCUT2D eigenvalue weighted by Gasteiger charge is -2.36. The van der Waals surface area contributed by atoms with Gasteiger partial charge < -0.3 is 20.5 Å². The highest BCUT2D eigenvalue weighted by Gasteiger charge is 2.34. The first-order chi connectivity index (χ1) is 10.7. The van der Waals surface area contributed by atoms with Crippen LogP contribution in [0.2, 0.25) is 5.02 Å². The number of hydrogen-bond donors (Lipinski definition) is 2. The van der Waals surface area contributed by atoms with Gasteiger partial charge in [-0.2, -0.15) is 0 Å². The van der Waals surface area contributed by atoms with E-state index in [-0.39, 0.29) is 5.41 Å². The van der Waals surface area contributed by atoms with E-state index in [1.54, 1.807) is 7.11 Å². The zero-order chi connectivity index (χ0) is 15.8. The summed E-state index contributed by atoms with van der Waals surface area (Å²) in [6.45, 7) is 3.35. The smallest absolute Gasteiger partial charge is 0.188 e. The van der Waals surface area contributed by atoms with Crippen molar-refractivity contribution in [1.29, 1.82) is 0 Å². The van der Waals surface area contributed by atoms with Gasteiger partial charge in [-0.1, -0.05) is 23.7 Å². The van der Waals surface area contributed by atoms with Crippen LogP contribution in [0.4, 0.5) is 0 Å². The third kappa shape index (κ3) is 4.60. The molecule has 0 radical (unpaired) electrons. The summed E-state index contributed by atoms with van der Waals surface area (Å²) in [5, 5.41) is 3.80. The van der Waals surface area contributed by atoms with E-state index >= 15 is 0 Å². The molecule has 1 aliphatic heterocycles. The molecule has 0 unspecified atom stereocenters. The lowest BCUT2D eigenvalue weighted by Crippen LogP contribution is -2.39. The van der Waals surface area contributed by atoms with E-state index in [0.717, 1.165) is 31.1 Å². The van der Waals surface area contributed by atoms with Crippen molar-refractivity contribution in [3.05, 3.63) is 34.9 Å². The Balaban J connectivity index is 2.11. The van der Waals surface area contributed by atoms with Gasteiger partial charge in [-0.25, -0.2) is 0 Å².